The van der Waals surface area contributed by atoms with Gasteiger partial charge in [-0.25, -0.2) is 9.97 Å². The molecule has 0 bridgehead atoms. The number of nitrogens with one attached hydrogen (secondary N) is 2. The molecule has 7 nitrogen and oxygen atoms in total. The van der Waals surface area contributed by atoms with Crippen molar-refractivity contribution < 1.29 is 0 Å². The average Bonchev–Trinajstić information content (AvgIpc) is 3.30. The Labute approximate surface area is 144 Å². The predicted octanol–water partition coefficient (Wildman–Crippen LogP) is 3.24. The molecule has 7 heteroatoms. The molecule has 0 aromatic carbocycles. The smallest absolute Gasteiger partial charge is 0.230 e. The molecule has 4 aromatic heterocycles. The molecular formula is C18H17N7. The van der Waals surface area contributed by atoms with Crippen LogP contribution in [-0.4, -0.2) is 38.0 Å². The lowest BCUT2D eigenvalue weighted by Crippen LogP contribution is -2.17. The van der Waals surface area contributed by atoms with Crippen molar-refractivity contribution in [2.75, 3.05) is 23.3 Å². The number of fused-ring (bicyclic) bond motifs is 3. The summed E-state index contributed by atoms with van der Waals surface area (Å²) in [6.45, 7) is 2.23. The number of nitrogens with zero attached hydrogens (tertiary/aromatic N) is 5. The lowest BCUT2D eigenvalue weighted by molar-refractivity contribution is 0.949. The summed E-state index contributed by atoms with van der Waals surface area (Å²) in [6.07, 6.45) is 9.81. The summed E-state index contributed by atoms with van der Waals surface area (Å²) >= 11 is 0. The van der Waals surface area contributed by atoms with Crippen molar-refractivity contribution in [2.24, 2.45) is 0 Å². The fraction of sp³-hybridized carbons (Fsp3) is 0.222. The third-order valence-electron chi connectivity index (χ3n) is 4.61. The lowest BCUT2D eigenvalue weighted by atomic mass is 10.2. The monoisotopic (exact) mass is 331 g/mol. The van der Waals surface area contributed by atoms with Gasteiger partial charge in [-0.2, -0.15) is 4.98 Å². The van der Waals surface area contributed by atoms with Crippen molar-refractivity contribution in [3.05, 3.63) is 43.0 Å². The molecule has 0 aliphatic carbocycles. The fourth-order valence-corrected chi connectivity index (χ4v) is 3.33. The van der Waals surface area contributed by atoms with Crippen molar-refractivity contribution in [1.29, 1.82) is 0 Å². The third-order valence-corrected chi connectivity index (χ3v) is 4.61. The molecule has 0 saturated carbocycles. The topological polar surface area (TPSA) is 82.6 Å². The highest BCUT2D eigenvalue weighted by Crippen LogP contribution is 2.24. The minimum Gasteiger partial charge on any atom is -0.370 e. The van der Waals surface area contributed by atoms with E-state index in [1.807, 2.05) is 24.5 Å². The van der Waals surface area contributed by atoms with Crippen molar-refractivity contribution in [3.8, 4) is 0 Å². The van der Waals surface area contributed by atoms with E-state index in [9.17, 15) is 0 Å². The zero-order chi connectivity index (χ0) is 16.6. The highest BCUT2D eigenvalue weighted by molar-refractivity contribution is 6.05. The maximum absolute atomic E-state index is 4.55. The molecule has 5 rings (SSSR count). The molecule has 0 atom stereocenters. The Morgan fingerprint density at radius 1 is 0.960 bits per heavy atom. The van der Waals surface area contributed by atoms with E-state index in [1.165, 1.54) is 18.5 Å². The molecule has 0 radical (unpaired) electrons. The van der Waals surface area contributed by atoms with E-state index in [0.29, 0.717) is 5.95 Å². The van der Waals surface area contributed by atoms with Gasteiger partial charge in [-0.3, -0.25) is 4.98 Å². The summed E-state index contributed by atoms with van der Waals surface area (Å²) in [7, 11) is 0. The molecule has 0 spiro atoms. The molecule has 1 aliphatic rings. The van der Waals surface area contributed by atoms with Gasteiger partial charge >= 0.3 is 0 Å². The Balaban J connectivity index is 1.42. The summed E-state index contributed by atoms with van der Waals surface area (Å²) in [6, 6.07) is 6.02. The second-order valence-electron chi connectivity index (χ2n) is 6.22. The second kappa shape index (κ2) is 5.70. The zero-order valence-electron chi connectivity index (χ0n) is 13.6. The molecule has 1 fully saturated rings. The molecule has 5 heterocycles. The van der Waals surface area contributed by atoms with Crippen molar-refractivity contribution in [2.45, 2.75) is 12.8 Å². The molecular weight excluding hydrogens is 314 g/mol. The minimum atomic E-state index is 0.522. The van der Waals surface area contributed by atoms with Gasteiger partial charge in [0.1, 0.15) is 11.5 Å². The van der Waals surface area contributed by atoms with Crippen LogP contribution in [0.5, 0.6) is 0 Å². The minimum absolute atomic E-state index is 0.522. The number of pyridine rings is 2. The molecule has 0 unspecified atom stereocenters. The van der Waals surface area contributed by atoms with E-state index in [2.05, 4.69) is 41.2 Å². The predicted molar refractivity (Wildman–Crippen MR) is 98.2 cm³/mol. The summed E-state index contributed by atoms with van der Waals surface area (Å²) < 4.78 is 0. The largest absolute Gasteiger partial charge is 0.370 e. The summed E-state index contributed by atoms with van der Waals surface area (Å²) in [5, 5.41) is 5.23. The first-order valence-electron chi connectivity index (χ1n) is 8.43. The van der Waals surface area contributed by atoms with E-state index in [4.69, 9.17) is 0 Å². The fourth-order valence-electron chi connectivity index (χ4n) is 3.33. The highest BCUT2D eigenvalue weighted by atomic mass is 15.2. The summed E-state index contributed by atoms with van der Waals surface area (Å²) in [4.78, 5) is 23.2. The SMILES string of the molecule is c1cc2c(cn1)[nH]c1nc(Nc3ccc(N4CCCC4)cn3)ncc12. The van der Waals surface area contributed by atoms with E-state index in [-0.39, 0.29) is 0 Å². The van der Waals surface area contributed by atoms with E-state index in [0.717, 1.165) is 40.8 Å². The van der Waals surface area contributed by atoms with Crippen molar-refractivity contribution >= 4 is 39.4 Å². The van der Waals surface area contributed by atoms with E-state index < -0.39 is 0 Å². The third kappa shape index (κ3) is 2.53. The van der Waals surface area contributed by atoms with Gasteiger partial charge < -0.3 is 15.2 Å². The Morgan fingerprint density at radius 2 is 1.88 bits per heavy atom. The number of anilines is 3. The quantitative estimate of drug-likeness (QED) is 0.600. The molecule has 2 N–H and O–H groups in total. The van der Waals surface area contributed by atoms with Crippen LogP contribution in [0.1, 0.15) is 12.8 Å². The van der Waals surface area contributed by atoms with E-state index >= 15 is 0 Å². The number of rotatable bonds is 3. The Hall–Kier alpha value is -3.22. The number of hydrogen-bond donors (Lipinski definition) is 2. The molecule has 4 aromatic rings. The van der Waals surface area contributed by atoms with Gasteiger partial charge in [0.2, 0.25) is 5.95 Å². The number of aromatic nitrogens is 5. The first kappa shape index (κ1) is 14.2. The first-order valence-corrected chi connectivity index (χ1v) is 8.43. The van der Waals surface area contributed by atoms with Crippen LogP contribution in [0.4, 0.5) is 17.5 Å². The van der Waals surface area contributed by atoms with Gasteiger partial charge in [0, 0.05) is 36.3 Å². The Bertz CT molecular complexity index is 1030. The molecule has 124 valence electrons. The van der Waals surface area contributed by atoms with Crippen LogP contribution in [0.15, 0.2) is 43.0 Å². The van der Waals surface area contributed by atoms with Crippen LogP contribution in [0.2, 0.25) is 0 Å². The van der Waals surface area contributed by atoms with Crippen molar-refractivity contribution in [3.63, 3.8) is 0 Å². The van der Waals surface area contributed by atoms with E-state index in [1.54, 1.807) is 12.4 Å². The molecule has 1 saturated heterocycles. The van der Waals surface area contributed by atoms with Gasteiger partial charge in [-0.15, -0.1) is 0 Å². The zero-order valence-corrected chi connectivity index (χ0v) is 13.6. The van der Waals surface area contributed by atoms with Crippen LogP contribution >= 0.6 is 0 Å². The van der Waals surface area contributed by atoms with Crippen LogP contribution in [0.25, 0.3) is 21.9 Å². The molecule has 25 heavy (non-hydrogen) atoms. The lowest BCUT2D eigenvalue weighted by Gasteiger charge is -2.17. The molecule has 0 amide bonds. The Kier molecular flexibility index (Phi) is 3.22. The maximum Gasteiger partial charge on any atom is 0.230 e. The van der Waals surface area contributed by atoms with Crippen molar-refractivity contribution in [1.82, 2.24) is 24.9 Å². The van der Waals surface area contributed by atoms with Gasteiger partial charge in [0.25, 0.3) is 0 Å². The van der Waals surface area contributed by atoms with Crippen LogP contribution in [-0.2, 0) is 0 Å². The second-order valence-corrected chi connectivity index (χ2v) is 6.22. The standard InChI is InChI=1S/C18H17N7/c1-2-8-25(7-1)12-3-4-16(20-9-12)23-18-21-10-14-13-5-6-19-11-15(13)22-17(14)24-18/h3-6,9-11H,1-2,7-8H2,(H2,20,21,22,23,24). The van der Waals surface area contributed by atoms with Gasteiger partial charge in [0.15, 0.2) is 0 Å². The number of aromatic amines is 1. The van der Waals surface area contributed by atoms with Gasteiger partial charge in [-0.05, 0) is 31.0 Å². The number of hydrogen-bond acceptors (Lipinski definition) is 6. The van der Waals surface area contributed by atoms with Gasteiger partial charge in [-0.1, -0.05) is 0 Å². The van der Waals surface area contributed by atoms with Gasteiger partial charge in [0.05, 0.1) is 23.6 Å². The highest BCUT2D eigenvalue weighted by Gasteiger charge is 2.12. The summed E-state index contributed by atoms with van der Waals surface area (Å²) in [5.41, 5.74) is 2.91. The Morgan fingerprint density at radius 3 is 2.72 bits per heavy atom. The average molecular weight is 331 g/mol. The van der Waals surface area contributed by atoms with Crippen LogP contribution < -0.4 is 10.2 Å². The maximum atomic E-state index is 4.55. The van der Waals surface area contributed by atoms with Crippen LogP contribution in [0.3, 0.4) is 0 Å². The molecule has 1 aliphatic heterocycles. The summed E-state index contributed by atoms with van der Waals surface area (Å²) in [5.74, 6) is 1.26. The normalized spacial score (nSPS) is 14.5. The van der Waals surface area contributed by atoms with Crippen LogP contribution in [0, 0.1) is 0 Å². The number of H-pyrrole nitrogens is 1. The first-order chi connectivity index (χ1) is 12.4.